The first-order chi connectivity index (χ1) is 6.52. The number of carbonyl (C=O) groups is 1. The third kappa shape index (κ3) is 2.71. The smallest absolute Gasteiger partial charge is 0.308 e. The molecule has 14 heavy (non-hydrogen) atoms. The Hall–Kier alpha value is -0.570. The van der Waals surface area contributed by atoms with Gasteiger partial charge in [-0.1, -0.05) is 20.3 Å². The number of hydrogen-bond donors (Lipinski definition) is 1. The summed E-state index contributed by atoms with van der Waals surface area (Å²) in [4.78, 5) is 13.2. The van der Waals surface area contributed by atoms with E-state index in [2.05, 4.69) is 4.90 Å². The zero-order valence-electron chi connectivity index (χ0n) is 9.36. The van der Waals surface area contributed by atoms with Gasteiger partial charge in [0.1, 0.15) is 0 Å². The first kappa shape index (κ1) is 11.5. The van der Waals surface area contributed by atoms with Crippen LogP contribution in [0.2, 0.25) is 0 Å². The number of rotatable bonds is 5. The highest BCUT2D eigenvalue weighted by atomic mass is 16.4. The Balaban J connectivity index is 2.41. The maximum absolute atomic E-state index is 11.0. The van der Waals surface area contributed by atoms with E-state index in [0.29, 0.717) is 12.6 Å². The van der Waals surface area contributed by atoms with Gasteiger partial charge in [-0.3, -0.25) is 4.79 Å². The summed E-state index contributed by atoms with van der Waals surface area (Å²) < 4.78 is 0. The Labute approximate surface area is 86.1 Å². The van der Waals surface area contributed by atoms with Gasteiger partial charge in [0.05, 0.1) is 5.92 Å². The second-order valence-electron chi connectivity index (χ2n) is 4.71. The largest absolute Gasteiger partial charge is 0.481 e. The lowest BCUT2D eigenvalue weighted by molar-refractivity contribution is -0.144. The van der Waals surface area contributed by atoms with Crippen LogP contribution in [-0.2, 0) is 4.79 Å². The Morgan fingerprint density at radius 3 is 2.36 bits per heavy atom. The van der Waals surface area contributed by atoms with Crippen molar-refractivity contribution in [3.05, 3.63) is 0 Å². The summed E-state index contributed by atoms with van der Waals surface area (Å²) in [7, 11) is 2.04. The van der Waals surface area contributed by atoms with Crippen LogP contribution in [0, 0.1) is 11.8 Å². The van der Waals surface area contributed by atoms with E-state index >= 15 is 0 Å². The molecule has 1 fully saturated rings. The van der Waals surface area contributed by atoms with Crippen molar-refractivity contribution in [3.63, 3.8) is 0 Å². The third-order valence-electron chi connectivity index (χ3n) is 3.30. The number of nitrogens with zero attached hydrogens (tertiary/aromatic N) is 1. The summed E-state index contributed by atoms with van der Waals surface area (Å²) in [6, 6.07) is 0.635. The van der Waals surface area contributed by atoms with Gasteiger partial charge < -0.3 is 10.0 Å². The molecule has 0 radical (unpaired) electrons. The summed E-state index contributed by atoms with van der Waals surface area (Å²) >= 11 is 0. The number of carboxylic acid groups (broad SMARTS) is 1. The molecule has 1 rings (SSSR count). The highest BCUT2D eigenvalue weighted by molar-refractivity contribution is 5.70. The molecule has 0 aromatic heterocycles. The maximum atomic E-state index is 11.0. The van der Waals surface area contributed by atoms with Gasteiger partial charge in [0, 0.05) is 12.6 Å². The molecule has 3 nitrogen and oxygen atoms in total. The molecule has 1 saturated carbocycles. The summed E-state index contributed by atoms with van der Waals surface area (Å²) in [6.45, 7) is 4.65. The van der Waals surface area contributed by atoms with Crippen LogP contribution in [0.4, 0.5) is 0 Å². The molecule has 1 N–H and O–H groups in total. The van der Waals surface area contributed by atoms with Crippen LogP contribution >= 0.6 is 0 Å². The third-order valence-corrected chi connectivity index (χ3v) is 3.30. The van der Waals surface area contributed by atoms with Crippen molar-refractivity contribution in [2.75, 3.05) is 13.6 Å². The van der Waals surface area contributed by atoms with Crippen LogP contribution in [-0.4, -0.2) is 35.6 Å². The van der Waals surface area contributed by atoms with Crippen LogP contribution < -0.4 is 0 Å². The van der Waals surface area contributed by atoms with E-state index in [0.717, 1.165) is 0 Å². The van der Waals surface area contributed by atoms with Crippen molar-refractivity contribution in [1.29, 1.82) is 0 Å². The minimum absolute atomic E-state index is 0.218. The normalized spacial score (nSPS) is 19.8. The molecule has 1 aliphatic rings. The van der Waals surface area contributed by atoms with E-state index in [1.807, 2.05) is 20.9 Å². The Bertz CT molecular complexity index is 199. The first-order valence-electron chi connectivity index (χ1n) is 5.45. The van der Waals surface area contributed by atoms with Gasteiger partial charge >= 0.3 is 5.97 Å². The van der Waals surface area contributed by atoms with Gasteiger partial charge in [0.25, 0.3) is 0 Å². The zero-order chi connectivity index (χ0) is 10.7. The lowest BCUT2D eigenvalue weighted by atomic mass is 9.89. The van der Waals surface area contributed by atoms with Crippen molar-refractivity contribution >= 4 is 5.97 Å². The molecule has 0 bridgehead atoms. The van der Waals surface area contributed by atoms with Gasteiger partial charge in [-0.15, -0.1) is 0 Å². The van der Waals surface area contributed by atoms with E-state index < -0.39 is 5.97 Å². The maximum Gasteiger partial charge on any atom is 0.308 e. The highest BCUT2D eigenvalue weighted by Crippen LogP contribution is 2.25. The molecule has 82 valence electrons. The van der Waals surface area contributed by atoms with Crippen LogP contribution in [0.25, 0.3) is 0 Å². The average molecular weight is 199 g/mol. The molecule has 0 saturated heterocycles. The van der Waals surface area contributed by atoms with Gasteiger partial charge in [-0.25, -0.2) is 0 Å². The molecule has 0 aliphatic heterocycles. The lowest BCUT2D eigenvalue weighted by Crippen LogP contribution is -2.42. The summed E-state index contributed by atoms with van der Waals surface area (Å²) in [5.74, 6) is -0.665. The predicted molar refractivity (Wildman–Crippen MR) is 56.2 cm³/mol. The number of carboxylic acids is 1. The molecule has 0 heterocycles. The Kier molecular flexibility index (Phi) is 3.93. The van der Waals surface area contributed by atoms with E-state index in [-0.39, 0.29) is 11.8 Å². The molecule has 3 heteroatoms. The monoisotopic (exact) mass is 199 g/mol. The van der Waals surface area contributed by atoms with Gasteiger partial charge in [0.2, 0.25) is 0 Å². The molecule has 0 aromatic rings. The van der Waals surface area contributed by atoms with Crippen LogP contribution in [0.5, 0.6) is 0 Å². The average Bonchev–Trinajstić information content (AvgIpc) is 1.95. The second-order valence-corrected chi connectivity index (χ2v) is 4.71. The van der Waals surface area contributed by atoms with Gasteiger partial charge in [-0.2, -0.15) is 0 Å². The predicted octanol–water partition coefficient (Wildman–Crippen LogP) is 1.83. The van der Waals surface area contributed by atoms with E-state index in [9.17, 15) is 4.79 Å². The fourth-order valence-electron chi connectivity index (χ4n) is 1.86. The molecular weight excluding hydrogens is 178 g/mol. The molecule has 0 amide bonds. The fourth-order valence-corrected chi connectivity index (χ4v) is 1.86. The second kappa shape index (κ2) is 4.78. The van der Waals surface area contributed by atoms with Crippen molar-refractivity contribution in [2.45, 2.75) is 39.2 Å². The van der Waals surface area contributed by atoms with Crippen molar-refractivity contribution in [3.8, 4) is 0 Å². The number of aliphatic carboxylic acids is 1. The SMILES string of the molecule is CC(C)C(CN(C)C1CCC1)C(=O)O. The zero-order valence-corrected chi connectivity index (χ0v) is 9.36. The molecule has 1 atom stereocenters. The topological polar surface area (TPSA) is 40.5 Å². The van der Waals surface area contributed by atoms with Crippen molar-refractivity contribution < 1.29 is 9.90 Å². The van der Waals surface area contributed by atoms with E-state index in [1.54, 1.807) is 0 Å². The lowest BCUT2D eigenvalue weighted by Gasteiger charge is -2.36. The minimum Gasteiger partial charge on any atom is -0.481 e. The number of hydrogen-bond acceptors (Lipinski definition) is 2. The quantitative estimate of drug-likeness (QED) is 0.734. The highest BCUT2D eigenvalue weighted by Gasteiger charge is 2.28. The Morgan fingerprint density at radius 2 is 2.07 bits per heavy atom. The fraction of sp³-hybridized carbons (Fsp3) is 0.909. The Morgan fingerprint density at radius 1 is 1.50 bits per heavy atom. The van der Waals surface area contributed by atoms with Gasteiger partial charge in [0.15, 0.2) is 0 Å². The van der Waals surface area contributed by atoms with E-state index in [4.69, 9.17) is 5.11 Å². The standard InChI is InChI=1S/C11H21NO2/c1-8(2)10(11(13)14)7-12(3)9-5-4-6-9/h8-10H,4-7H2,1-3H3,(H,13,14). The summed E-state index contributed by atoms with van der Waals surface area (Å²) in [6.07, 6.45) is 3.77. The minimum atomic E-state index is -0.661. The molecule has 0 spiro atoms. The van der Waals surface area contributed by atoms with Crippen molar-refractivity contribution in [1.82, 2.24) is 4.90 Å². The summed E-state index contributed by atoms with van der Waals surface area (Å²) in [5, 5.41) is 9.04. The molecular formula is C11H21NO2. The van der Waals surface area contributed by atoms with Crippen molar-refractivity contribution in [2.24, 2.45) is 11.8 Å². The molecule has 0 aromatic carbocycles. The summed E-state index contributed by atoms with van der Waals surface area (Å²) in [5.41, 5.74) is 0. The van der Waals surface area contributed by atoms with E-state index in [1.165, 1.54) is 19.3 Å². The van der Waals surface area contributed by atoms with Crippen LogP contribution in [0.3, 0.4) is 0 Å². The molecule has 1 aliphatic carbocycles. The van der Waals surface area contributed by atoms with Crippen LogP contribution in [0.15, 0.2) is 0 Å². The molecule has 1 unspecified atom stereocenters. The van der Waals surface area contributed by atoms with Crippen LogP contribution in [0.1, 0.15) is 33.1 Å². The van der Waals surface area contributed by atoms with Gasteiger partial charge in [-0.05, 0) is 25.8 Å². The first-order valence-corrected chi connectivity index (χ1v) is 5.45.